The minimum absolute atomic E-state index is 0.536. The number of rotatable bonds is 0. The van der Waals surface area contributed by atoms with Crippen molar-refractivity contribution in [2.45, 2.75) is 91.0 Å². The quantitative estimate of drug-likeness (QED) is 0.626. The highest BCUT2D eigenvalue weighted by Crippen LogP contribution is 2.22. The van der Waals surface area contributed by atoms with Gasteiger partial charge in [0.15, 0.2) is 0 Å². The molecular formula is C15H33N. The van der Waals surface area contributed by atoms with Gasteiger partial charge in [0.25, 0.3) is 0 Å². The molecule has 0 radical (unpaired) electrons. The van der Waals surface area contributed by atoms with Crippen LogP contribution in [0.1, 0.15) is 85.0 Å². The molecule has 2 rings (SSSR count). The van der Waals surface area contributed by atoms with Crippen LogP contribution in [-0.4, -0.2) is 6.04 Å². The molecule has 98 valence electrons. The lowest BCUT2D eigenvalue weighted by Gasteiger charge is -2.15. The van der Waals surface area contributed by atoms with E-state index in [1.165, 1.54) is 64.2 Å². The van der Waals surface area contributed by atoms with E-state index in [4.69, 9.17) is 5.73 Å². The van der Waals surface area contributed by atoms with Crippen molar-refractivity contribution < 1.29 is 0 Å². The molecule has 0 bridgehead atoms. The molecule has 0 amide bonds. The lowest BCUT2D eigenvalue weighted by atomic mass is 9.91. The van der Waals surface area contributed by atoms with Crippen LogP contribution >= 0.6 is 0 Å². The van der Waals surface area contributed by atoms with Crippen LogP contribution in [0.2, 0.25) is 0 Å². The van der Waals surface area contributed by atoms with Crippen molar-refractivity contribution >= 4 is 0 Å². The van der Waals surface area contributed by atoms with E-state index in [2.05, 4.69) is 6.92 Å². The fourth-order valence-electron chi connectivity index (χ4n) is 2.44. The Morgan fingerprint density at radius 2 is 1.06 bits per heavy atom. The van der Waals surface area contributed by atoms with Crippen molar-refractivity contribution in [2.75, 3.05) is 0 Å². The summed E-state index contributed by atoms with van der Waals surface area (Å²) >= 11 is 0. The van der Waals surface area contributed by atoms with Gasteiger partial charge >= 0.3 is 0 Å². The maximum Gasteiger partial charge on any atom is 0.00388 e. The summed E-state index contributed by atoms with van der Waals surface area (Å²) in [7, 11) is 0. The standard InChI is InChI=1S/C7H14.C6H13N.C2H6/c1-7-5-3-2-4-6-7;7-6-4-2-1-3-5-6;1-2/h7H,2-6H2,1H3;6H,1-5,7H2;1-2H3. The summed E-state index contributed by atoms with van der Waals surface area (Å²) in [5.74, 6) is 1.04. The van der Waals surface area contributed by atoms with Crippen molar-refractivity contribution in [3.8, 4) is 0 Å². The molecule has 2 fully saturated rings. The van der Waals surface area contributed by atoms with E-state index in [0.29, 0.717) is 6.04 Å². The first-order chi connectivity index (χ1) is 7.79. The average molecular weight is 227 g/mol. The third-order valence-corrected chi connectivity index (χ3v) is 3.54. The van der Waals surface area contributed by atoms with Crippen LogP contribution in [0, 0.1) is 5.92 Å². The Morgan fingerprint density at radius 3 is 1.25 bits per heavy atom. The summed E-state index contributed by atoms with van der Waals surface area (Å²) in [5, 5.41) is 0. The van der Waals surface area contributed by atoms with Crippen LogP contribution < -0.4 is 5.73 Å². The van der Waals surface area contributed by atoms with E-state index >= 15 is 0 Å². The first-order valence-electron chi connectivity index (χ1n) is 7.54. The zero-order chi connectivity index (χ0) is 12.2. The Bertz CT molecular complexity index is 105. The second kappa shape index (κ2) is 11.4. The van der Waals surface area contributed by atoms with Gasteiger partial charge in [0.1, 0.15) is 0 Å². The molecule has 1 heteroatoms. The summed E-state index contributed by atoms with van der Waals surface area (Å²) in [6, 6.07) is 0.536. The smallest absolute Gasteiger partial charge is 0.00388 e. The van der Waals surface area contributed by atoms with Gasteiger partial charge in [0, 0.05) is 6.04 Å². The fourth-order valence-corrected chi connectivity index (χ4v) is 2.44. The molecule has 0 saturated heterocycles. The van der Waals surface area contributed by atoms with Gasteiger partial charge in [0.05, 0.1) is 0 Å². The molecule has 2 aliphatic rings. The van der Waals surface area contributed by atoms with Crippen LogP contribution in [0.4, 0.5) is 0 Å². The molecule has 2 aliphatic carbocycles. The monoisotopic (exact) mass is 227 g/mol. The van der Waals surface area contributed by atoms with E-state index in [-0.39, 0.29) is 0 Å². The minimum Gasteiger partial charge on any atom is -0.328 e. The summed E-state index contributed by atoms with van der Waals surface area (Å²) in [6.07, 6.45) is 14.1. The zero-order valence-electron chi connectivity index (χ0n) is 11.8. The van der Waals surface area contributed by atoms with Crippen molar-refractivity contribution in [3.63, 3.8) is 0 Å². The Kier molecular flexibility index (Phi) is 11.4. The van der Waals surface area contributed by atoms with Crippen molar-refractivity contribution in [1.82, 2.24) is 0 Å². The highest BCUT2D eigenvalue weighted by atomic mass is 14.6. The maximum absolute atomic E-state index is 5.63. The molecular weight excluding hydrogens is 194 g/mol. The van der Waals surface area contributed by atoms with Gasteiger partial charge in [-0.05, 0) is 18.8 Å². The highest BCUT2D eigenvalue weighted by molar-refractivity contribution is 4.66. The molecule has 0 aromatic rings. The molecule has 0 aromatic carbocycles. The maximum atomic E-state index is 5.63. The Hall–Kier alpha value is -0.0400. The first-order valence-corrected chi connectivity index (χ1v) is 7.54. The van der Waals surface area contributed by atoms with Crippen molar-refractivity contribution in [1.29, 1.82) is 0 Å². The third kappa shape index (κ3) is 9.21. The van der Waals surface area contributed by atoms with E-state index in [1.807, 2.05) is 13.8 Å². The molecule has 2 N–H and O–H groups in total. The Morgan fingerprint density at radius 1 is 0.688 bits per heavy atom. The van der Waals surface area contributed by atoms with Crippen LogP contribution in [0.5, 0.6) is 0 Å². The number of hydrogen-bond donors (Lipinski definition) is 1. The van der Waals surface area contributed by atoms with E-state index in [0.717, 1.165) is 5.92 Å². The van der Waals surface area contributed by atoms with Gasteiger partial charge in [0.2, 0.25) is 0 Å². The van der Waals surface area contributed by atoms with Gasteiger partial charge in [-0.2, -0.15) is 0 Å². The minimum atomic E-state index is 0.536. The van der Waals surface area contributed by atoms with Crippen LogP contribution in [0.25, 0.3) is 0 Å². The Balaban J connectivity index is 0.000000244. The molecule has 16 heavy (non-hydrogen) atoms. The molecule has 0 heterocycles. The number of nitrogens with two attached hydrogens (primary N) is 1. The van der Waals surface area contributed by atoms with Crippen molar-refractivity contribution in [3.05, 3.63) is 0 Å². The van der Waals surface area contributed by atoms with E-state index in [1.54, 1.807) is 0 Å². The van der Waals surface area contributed by atoms with Gasteiger partial charge < -0.3 is 5.73 Å². The summed E-state index contributed by atoms with van der Waals surface area (Å²) < 4.78 is 0. The second-order valence-electron chi connectivity index (χ2n) is 5.14. The topological polar surface area (TPSA) is 26.0 Å². The van der Waals surface area contributed by atoms with Crippen LogP contribution in [0.15, 0.2) is 0 Å². The zero-order valence-corrected chi connectivity index (χ0v) is 11.8. The predicted molar refractivity (Wildman–Crippen MR) is 74.7 cm³/mol. The third-order valence-electron chi connectivity index (χ3n) is 3.54. The highest BCUT2D eigenvalue weighted by Gasteiger charge is 2.06. The summed E-state index contributed by atoms with van der Waals surface area (Å²) in [6.45, 7) is 6.36. The van der Waals surface area contributed by atoms with E-state index in [9.17, 15) is 0 Å². The molecule has 0 aliphatic heterocycles. The van der Waals surface area contributed by atoms with Crippen LogP contribution in [-0.2, 0) is 0 Å². The molecule has 0 atom stereocenters. The molecule has 2 saturated carbocycles. The predicted octanol–water partition coefficient (Wildman–Crippen LogP) is 4.89. The SMILES string of the molecule is CC.CC1CCCCC1.NC1CCCCC1. The van der Waals surface area contributed by atoms with Gasteiger partial charge in [-0.25, -0.2) is 0 Å². The molecule has 0 unspecified atom stereocenters. The Labute approximate surface area is 103 Å². The lowest BCUT2D eigenvalue weighted by molar-refractivity contribution is 0.385. The summed E-state index contributed by atoms with van der Waals surface area (Å²) in [5.41, 5.74) is 5.63. The van der Waals surface area contributed by atoms with Crippen LogP contribution in [0.3, 0.4) is 0 Å². The van der Waals surface area contributed by atoms with Gasteiger partial charge in [-0.1, -0.05) is 72.1 Å². The van der Waals surface area contributed by atoms with E-state index < -0.39 is 0 Å². The summed E-state index contributed by atoms with van der Waals surface area (Å²) in [4.78, 5) is 0. The lowest BCUT2D eigenvalue weighted by Crippen LogP contribution is -2.22. The van der Waals surface area contributed by atoms with Crippen molar-refractivity contribution in [2.24, 2.45) is 11.7 Å². The molecule has 1 nitrogen and oxygen atoms in total. The van der Waals surface area contributed by atoms with Gasteiger partial charge in [-0.3, -0.25) is 0 Å². The normalized spacial score (nSPS) is 22.5. The van der Waals surface area contributed by atoms with Gasteiger partial charge in [-0.15, -0.1) is 0 Å². The average Bonchev–Trinajstić information content (AvgIpc) is 2.34. The molecule has 0 aromatic heterocycles. The molecule has 0 spiro atoms. The number of hydrogen-bond acceptors (Lipinski definition) is 1. The largest absolute Gasteiger partial charge is 0.328 e. The second-order valence-corrected chi connectivity index (χ2v) is 5.14. The first kappa shape index (κ1) is 16.0. The fraction of sp³-hybridized carbons (Fsp3) is 1.00.